The lowest BCUT2D eigenvalue weighted by atomic mass is 10.2. The number of quaternary nitrogens is 1. The molecule has 1 aromatic carbocycles. The first-order valence-electron chi connectivity index (χ1n) is 8.15. The van der Waals surface area contributed by atoms with Crippen LogP contribution >= 0.6 is 0 Å². The molecule has 0 aromatic heterocycles. The fraction of sp³-hybridized carbons (Fsp3) is 0.500. The van der Waals surface area contributed by atoms with Gasteiger partial charge in [-0.3, -0.25) is 4.55 Å². The summed E-state index contributed by atoms with van der Waals surface area (Å²) in [7, 11) is -1.86. The number of rotatable bonds is 7. The van der Waals surface area contributed by atoms with Gasteiger partial charge in [0.05, 0.1) is 25.0 Å². The lowest BCUT2D eigenvalue weighted by Crippen LogP contribution is -2.46. The van der Waals surface area contributed by atoms with Crippen molar-refractivity contribution in [3.63, 3.8) is 0 Å². The monoisotopic (exact) mass is 372 g/mol. The lowest BCUT2D eigenvalue weighted by molar-refractivity contribution is -0.906. The summed E-state index contributed by atoms with van der Waals surface area (Å²) >= 11 is 0. The van der Waals surface area contributed by atoms with E-state index in [2.05, 4.69) is 27.5 Å². The number of esters is 1. The van der Waals surface area contributed by atoms with Crippen LogP contribution in [0.25, 0.3) is 0 Å². The van der Waals surface area contributed by atoms with Crippen LogP contribution in [0, 0.1) is 6.92 Å². The lowest BCUT2D eigenvalue weighted by Gasteiger charge is -2.31. The Kier molecular flexibility index (Phi) is 9.62. The van der Waals surface area contributed by atoms with Crippen LogP contribution in [0.2, 0.25) is 0 Å². The Bertz CT molecular complexity index is 661. The maximum atomic E-state index is 11.1. The molecule has 0 atom stereocenters. The Morgan fingerprint density at radius 1 is 1.20 bits per heavy atom. The number of benzene rings is 1. The van der Waals surface area contributed by atoms with Gasteiger partial charge in [-0.25, -0.2) is 4.79 Å². The molecule has 0 saturated heterocycles. The number of hydrogen-bond acceptors (Lipinski definition) is 4. The third-order valence-electron chi connectivity index (χ3n) is 4.06. The number of carbonyl (C=O) groups excluding carboxylic acids is 1. The molecular formula is C18H30NO5S+. The van der Waals surface area contributed by atoms with Gasteiger partial charge in [-0.1, -0.05) is 24.3 Å². The summed E-state index contributed by atoms with van der Waals surface area (Å²) < 4.78 is 35.5. The minimum atomic E-state index is -4.02. The van der Waals surface area contributed by atoms with E-state index in [0.29, 0.717) is 12.2 Å². The normalized spacial score (nSPS) is 11.3. The molecule has 142 valence electrons. The molecule has 25 heavy (non-hydrogen) atoms. The summed E-state index contributed by atoms with van der Waals surface area (Å²) in [5, 5.41) is 0. The number of ether oxygens (including phenoxy) is 1. The van der Waals surface area contributed by atoms with Crippen molar-refractivity contribution in [3.05, 3.63) is 42.0 Å². The molecule has 7 heteroatoms. The fourth-order valence-corrected chi connectivity index (χ4v) is 2.21. The van der Waals surface area contributed by atoms with Gasteiger partial charge in [0.1, 0.15) is 13.2 Å². The van der Waals surface area contributed by atoms with Crippen LogP contribution in [0.4, 0.5) is 0 Å². The predicted molar refractivity (Wildman–Crippen MR) is 98.9 cm³/mol. The zero-order valence-corrected chi connectivity index (χ0v) is 16.6. The molecule has 6 nitrogen and oxygen atoms in total. The van der Waals surface area contributed by atoms with Gasteiger partial charge in [0.25, 0.3) is 10.1 Å². The highest BCUT2D eigenvalue weighted by Crippen LogP contribution is 2.08. The zero-order valence-electron chi connectivity index (χ0n) is 15.8. The second-order valence-electron chi connectivity index (χ2n) is 6.18. The number of likely N-dealkylation sites (N-methyl/N-ethyl adjacent to an activating group) is 1. The standard InChI is InChI=1S/C11H22NO2.C7H8O3S/c1-6-12(5,7-2)8-9-14-11(13)10(3)4;1-6-2-4-7(5-3-6)11(8,9)10/h3,6-9H2,1-2,4-5H3;2-5H,1H3,(H,8,9,10)/q+1;. The Morgan fingerprint density at radius 2 is 1.68 bits per heavy atom. The highest BCUT2D eigenvalue weighted by atomic mass is 32.2. The summed E-state index contributed by atoms with van der Waals surface area (Å²) in [5.41, 5.74) is 1.42. The van der Waals surface area contributed by atoms with Crippen molar-refractivity contribution >= 4 is 16.1 Å². The maximum absolute atomic E-state index is 11.1. The Morgan fingerprint density at radius 3 is 2.04 bits per heavy atom. The maximum Gasteiger partial charge on any atom is 0.333 e. The summed E-state index contributed by atoms with van der Waals surface area (Å²) in [6, 6.07) is 5.99. The van der Waals surface area contributed by atoms with Crippen molar-refractivity contribution in [2.45, 2.75) is 32.6 Å². The summed E-state index contributed by atoms with van der Waals surface area (Å²) in [6.07, 6.45) is 0. The van der Waals surface area contributed by atoms with Gasteiger partial charge in [-0.15, -0.1) is 0 Å². The largest absolute Gasteiger partial charge is 0.456 e. The Hall–Kier alpha value is -1.70. The first-order valence-corrected chi connectivity index (χ1v) is 9.59. The van der Waals surface area contributed by atoms with E-state index in [1.165, 1.54) is 12.1 Å². The number of aryl methyl sites for hydroxylation is 1. The van der Waals surface area contributed by atoms with Crippen molar-refractivity contribution in [1.82, 2.24) is 0 Å². The number of nitrogens with zero attached hydrogens (tertiary/aromatic N) is 1. The van der Waals surface area contributed by atoms with Gasteiger partial charge in [-0.05, 0) is 39.8 Å². The molecule has 0 bridgehead atoms. The molecule has 0 radical (unpaired) electrons. The Balaban J connectivity index is 0.000000472. The SMILES string of the molecule is C=C(C)C(=O)OCC[N+](C)(CC)CC.Cc1ccc(S(=O)(=O)O)cc1. The van der Waals surface area contributed by atoms with E-state index >= 15 is 0 Å². The van der Waals surface area contributed by atoms with Gasteiger partial charge in [0.15, 0.2) is 0 Å². The number of hydrogen-bond donors (Lipinski definition) is 1. The van der Waals surface area contributed by atoms with Crippen LogP contribution in [0.3, 0.4) is 0 Å². The second-order valence-corrected chi connectivity index (χ2v) is 7.60. The van der Waals surface area contributed by atoms with Gasteiger partial charge in [0.2, 0.25) is 0 Å². The Labute approximate surface area is 151 Å². The molecule has 1 N–H and O–H groups in total. The van der Waals surface area contributed by atoms with E-state index in [-0.39, 0.29) is 10.9 Å². The first kappa shape index (κ1) is 23.3. The third kappa shape index (κ3) is 9.38. The summed E-state index contributed by atoms with van der Waals surface area (Å²) in [5.74, 6) is -0.288. The van der Waals surface area contributed by atoms with Gasteiger partial charge in [0, 0.05) is 5.57 Å². The zero-order chi connectivity index (χ0) is 19.7. The molecule has 0 unspecified atom stereocenters. The highest BCUT2D eigenvalue weighted by Gasteiger charge is 2.16. The van der Waals surface area contributed by atoms with E-state index in [1.54, 1.807) is 19.1 Å². The smallest absolute Gasteiger partial charge is 0.333 e. The molecular weight excluding hydrogens is 342 g/mol. The van der Waals surface area contributed by atoms with Crippen LogP contribution in [-0.2, 0) is 19.6 Å². The van der Waals surface area contributed by atoms with Crippen LogP contribution in [0.15, 0.2) is 41.3 Å². The average Bonchev–Trinajstić information content (AvgIpc) is 2.54. The van der Waals surface area contributed by atoms with E-state index in [1.807, 2.05) is 6.92 Å². The van der Waals surface area contributed by atoms with E-state index in [4.69, 9.17) is 9.29 Å². The first-order chi connectivity index (χ1) is 11.4. The van der Waals surface area contributed by atoms with E-state index in [9.17, 15) is 13.2 Å². The second kappa shape index (κ2) is 10.3. The van der Waals surface area contributed by atoms with Gasteiger partial charge in [-0.2, -0.15) is 8.42 Å². The van der Waals surface area contributed by atoms with Crippen molar-refractivity contribution in [2.24, 2.45) is 0 Å². The van der Waals surface area contributed by atoms with Crippen molar-refractivity contribution in [2.75, 3.05) is 33.3 Å². The van der Waals surface area contributed by atoms with Crippen LogP contribution in [-0.4, -0.2) is 56.7 Å². The molecule has 0 fully saturated rings. The van der Waals surface area contributed by atoms with E-state index in [0.717, 1.165) is 29.7 Å². The van der Waals surface area contributed by atoms with Crippen LogP contribution in [0.1, 0.15) is 26.3 Å². The molecule has 0 amide bonds. The molecule has 0 aliphatic rings. The quantitative estimate of drug-likeness (QED) is 0.344. The highest BCUT2D eigenvalue weighted by molar-refractivity contribution is 7.85. The fourth-order valence-electron chi connectivity index (χ4n) is 1.73. The van der Waals surface area contributed by atoms with Crippen LogP contribution < -0.4 is 0 Å². The van der Waals surface area contributed by atoms with E-state index < -0.39 is 10.1 Å². The van der Waals surface area contributed by atoms with Crippen molar-refractivity contribution in [3.8, 4) is 0 Å². The van der Waals surface area contributed by atoms with Crippen molar-refractivity contribution in [1.29, 1.82) is 0 Å². The predicted octanol–water partition coefficient (Wildman–Crippen LogP) is 2.83. The average molecular weight is 373 g/mol. The number of carbonyl (C=O) groups is 1. The van der Waals surface area contributed by atoms with Crippen LogP contribution in [0.5, 0.6) is 0 Å². The minimum absolute atomic E-state index is 0.0666. The molecule has 0 aliphatic carbocycles. The van der Waals surface area contributed by atoms with Gasteiger partial charge < -0.3 is 9.22 Å². The summed E-state index contributed by atoms with van der Waals surface area (Å²) in [4.78, 5) is 11.0. The topological polar surface area (TPSA) is 80.7 Å². The third-order valence-corrected chi connectivity index (χ3v) is 4.93. The molecule has 1 aromatic rings. The molecule has 0 spiro atoms. The van der Waals surface area contributed by atoms with Gasteiger partial charge >= 0.3 is 5.97 Å². The molecule has 0 heterocycles. The minimum Gasteiger partial charge on any atom is -0.456 e. The molecule has 1 rings (SSSR count). The molecule has 0 aliphatic heterocycles. The summed E-state index contributed by atoms with van der Waals surface area (Å²) in [6.45, 7) is 14.8. The van der Waals surface area contributed by atoms with Crippen molar-refractivity contribution < 1.29 is 27.0 Å². The molecule has 0 saturated carbocycles.